The van der Waals surface area contributed by atoms with Crippen molar-refractivity contribution in [3.05, 3.63) is 30.3 Å². The number of aliphatic carboxylic acids is 1. The predicted molar refractivity (Wildman–Crippen MR) is 63.8 cm³/mol. The van der Waals surface area contributed by atoms with Crippen molar-refractivity contribution in [1.82, 2.24) is 0 Å². The van der Waals surface area contributed by atoms with Crippen LogP contribution in [0.15, 0.2) is 30.3 Å². The second kappa shape index (κ2) is 6.30. The number of rotatable bonds is 4. The highest BCUT2D eigenvalue weighted by Crippen LogP contribution is 2.15. The normalized spacial score (nSPS) is 11.3. The summed E-state index contributed by atoms with van der Waals surface area (Å²) in [7, 11) is 0. The zero-order valence-corrected chi connectivity index (χ0v) is 9.70. The molecule has 0 aliphatic heterocycles. The minimum absolute atomic E-state index is 0. The van der Waals surface area contributed by atoms with Gasteiger partial charge in [-0.1, -0.05) is 18.2 Å². The number of nitrogens with zero attached hydrogens (tertiary/aromatic N) is 1. The van der Waals surface area contributed by atoms with Crippen molar-refractivity contribution >= 4 is 24.1 Å². The van der Waals surface area contributed by atoms with E-state index < -0.39 is 12.0 Å². The third-order valence-corrected chi connectivity index (χ3v) is 2.25. The van der Waals surface area contributed by atoms with Crippen LogP contribution >= 0.6 is 12.4 Å². The second-order valence-electron chi connectivity index (χ2n) is 3.14. The Morgan fingerprint density at radius 1 is 1.40 bits per heavy atom. The number of carbonyl (C=O) groups is 1. The van der Waals surface area contributed by atoms with Gasteiger partial charge in [0.2, 0.25) is 0 Å². The maximum Gasteiger partial charge on any atom is 0.326 e. The quantitative estimate of drug-likeness (QED) is 0.862. The summed E-state index contributed by atoms with van der Waals surface area (Å²) < 4.78 is 0. The van der Waals surface area contributed by atoms with Gasteiger partial charge in [0, 0.05) is 12.2 Å². The monoisotopic (exact) mass is 229 g/mol. The van der Waals surface area contributed by atoms with Crippen LogP contribution < -0.4 is 4.90 Å². The number of hydrogen-bond acceptors (Lipinski definition) is 2. The standard InChI is InChI=1S/C11H15NO2.ClH/c1-3-12(9(2)11(13)14)10-7-5-4-6-8-10;/h4-9H,3H2,1-2H3,(H,13,14);1H. The van der Waals surface area contributed by atoms with E-state index in [-0.39, 0.29) is 12.4 Å². The van der Waals surface area contributed by atoms with Gasteiger partial charge in [-0.2, -0.15) is 0 Å². The number of halogens is 1. The first kappa shape index (κ1) is 13.8. The van der Waals surface area contributed by atoms with Crippen molar-refractivity contribution in [2.45, 2.75) is 19.9 Å². The first-order valence-electron chi connectivity index (χ1n) is 4.71. The lowest BCUT2D eigenvalue weighted by Gasteiger charge is -2.27. The zero-order chi connectivity index (χ0) is 10.6. The van der Waals surface area contributed by atoms with Gasteiger partial charge in [0.1, 0.15) is 6.04 Å². The highest BCUT2D eigenvalue weighted by atomic mass is 35.5. The fourth-order valence-corrected chi connectivity index (χ4v) is 1.43. The Bertz CT molecular complexity index is 303. The fraction of sp³-hybridized carbons (Fsp3) is 0.364. The van der Waals surface area contributed by atoms with E-state index in [1.807, 2.05) is 42.2 Å². The molecule has 0 saturated carbocycles. The van der Waals surface area contributed by atoms with Gasteiger partial charge in [0.25, 0.3) is 0 Å². The van der Waals surface area contributed by atoms with E-state index in [0.717, 1.165) is 5.69 Å². The van der Waals surface area contributed by atoms with Crippen molar-refractivity contribution in [3.8, 4) is 0 Å². The van der Waals surface area contributed by atoms with Crippen molar-refractivity contribution in [2.75, 3.05) is 11.4 Å². The highest BCUT2D eigenvalue weighted by molar-refractivity contribution is 5.85. The lowest BCUT2D eigenvalue weighted by molar-refractivity contribution is -0.138. The Morgan fingerprint density at radius 3 is 2.33 bits per heavy atom. The van der Waals surface area contributed by atoms with E-state index in [4.69, 9.17) is 5.11 Å². The smallest absolute Gasteiger partial charge is 0.326 e. The summed E-state index contributed by atoms with van der Waals surface area (Å²) in [5.74, 6) is -0.796. The molecule has 0 aromatic heterocycles. The molecule has 0 saturated heterocycles. The lowest BCUT2D eigenvalue weighted by Crippen LogP contribution is -2.38. The highest BCUT2D eigenvalue weighted by Gasteiger charge is 2.18. The third kappa shape index (κ3) is 3.44. The summed E-state index contributed by atoms with van der Waals surface area (Å²) in [5.41, 5.74) is 0.949. The summed E-state index contributed by atoms with van der Waals surface area (Å²) in [6.07, 6.45) is 0. The molecule has 0 spiro atoms. The molecule has 0 aliphatic rings. The number of hydrogen-bond donors (Lipinski definition) is 1. The zero-order valence-electron chi connectivity index (χ0n) is 8.88. The van der Waals surface area contributed by atoms with Crippen LogP contribution in [0.5, 0.6) is 0 Å². The van der Waals surface area contributed by atoms with Gasteiger partial charge in [-0.05, 0) is 26.0 Å². The van der Waals surface area contributed by atoms with Crippen molar-refractivity contribution in [2.24, 2.45) is 0 Å². The van der Waals surface area contributed by atoms with Crippen LogP contribution in [-0.4, -0.2) is 23.7 Å². The number of carboxylic acid groups (broad SMARTS) is 1. The maximum absolute atomic E-state index is 10.8. The van der Waals surface area contributed by atoms with Crippen molar-refractivity contribution in [1.29, 1.82) is 0 Å². The molecule has 0 bridgehead atoms. The largest absolute Gasteiger partial charge is 0.480 e. The molecule has 0 heterocycles. The minimum Gasteiger partial charge on any atom is -0.480 e. The van der Waals surface area contributed by atoms with Gasteiger partial charge < -0.3 is 10.0 Å². The predicted octanol–water partition coefficient (Wildman–Crippen LogP) is 2.41. The van der Waals surface area contributed by atoms with Crippen LogP contribution in [0.3, 0.4) is 0 Å². The molecule has 84 valence electrons. The van der Waals surface area contributed by atoms with E-state index in [9.17, 15) is 4.79 Å². The Balaban J connectivity index is 0.00000196. The number of carboxylic acids is 1. The molecule has 0 amide bonds. The maximum atomic E-state index is 10.8. The molecular formula is C11H16ClNO2. The molecule has 4 heteroatoms. The van der Waals surface area contributed by atoms with Crippen molar-refractivity contribution in [3.63, 3.8) is 0 Å². The minimum atomic E-state index is -0.796. The molecule has 1 unspecified atom stereocenters. The average Bonchev–Trinajstić information content (AvgIpc) is 2.20. The molecule has 0 radical (unpaired) electrons. The van der Waals surface area contributed by atoms with Crippen LogP contribution in [0.1, 0.15) is 13.8 Å². The summed E-state index contributed by atoms with van der Waals surface area (Å²) in [6, 6.07) is 9.09. The van der Waals surface area contributed by atoms with Gasteiger partial charge >= 0.3 is 5.97 Å². The second-order valence-corrected chi connectivity index (χ2v) is 3.14. The first-order chi connectivity index (χ1) is 6.66. The number of para-hydroxylation sites is 1. The topological polar surface area (TPSA) is 40.5 Å². The first-order valence-corrected chi connectivity index (χ1v) is 4.71. The van der Waals surface area contributed by atoms with Crippen LogP contribution in [0, 0.1) is 0 Å². The molecule has 0 fully saturated rings. The van der Waals surface area contributed by atoms with E-state index in [2.05, 4.69) is 0 Å². The molecule has 1 aromatic carbocycles. The fourth-order valence-electron chi connectivity index (χ4n) is 1.43. The summed E-state index contributed by atoms with van der Waals surface area (Å²) >= 11 is 0. The molecule has 0 aliphatic carbocycles. The van der Waals surface area contributed by atoms with Crippen molar-refractivity contribution < 1.29 is 9.90 Å². The van der Waals surface area contributed by atoms with E-state index in [1.54, 1.807) is 6.92 Å². The van der Waals surface area contributed by atoms with Crippen LogP contribution in [-0.2, 0) is 4.79 Å². The molecule has 1 N–H and O–H groups in total. The molecule has 3 nitrogen and oxygen atoms in total. The molecule has 1 rings (SSSR count). The molecule has 1 atom stereocenters. The van der Waals surface area contributed by atoms with Gasteiger partial charge in [0.15, 0.2) is 0 Å². The van der Waals surface area contributed by atoms with E-state index in [0.29, 0.717) is 6.54 Å². The van der Waals surface area contributed by atoms with Crippen LogP contribution in [0.2, 0.25) is 0 Å². The SMILES string of the molecule is CCN(c1ccccc1)C(C)C(=O)O.Cl. The molecule has 1 aromatic rings. The van der Waals surface area contributed by atoms with Crippen LogP contribution in [0.25, 0.3) is 0 Å². The summed E-state index contributed by atoms with van der Waals surface area (Å²) in [6.45, 7) is 4.34. The van der Waals surface area contributed by atoms with Gasteiger partial charge in [-0.15, -0.1) is 12.4 Å². The number of anilines is 1. The molecular weight excluding hydrogens is 214 g/mol. The Morgan fingerprint density at radius 2 is 1.93 bits per heavy atom. The molecule has 15 heavy (non-hydrogen) atoms. The van der Waals surface area contributed by atoms with Crippen LogP contribution in [0.4, 0.5) is 5.69 Å². The summed E-state index contributed by atoms with van der Waals surface area (Å²) in [5, 5.41) is 8.90. The lowest BCUT2D eigenvalue weighted by atomic mass is 10.2. The number of likely N-dealkylation sites (N-methyl/N-ethyl adjacent to an activating group) is 1. The van der Waals surface area contributed by atoms with Gasteiger partial charge in [-0.25, -0.2) is 4.79 Å². The third-order valence-electron chi connectivity index (χ3n) is 2.25. The van der Waals surface area contributed by atoms with Gasteiger partial charge in [0.05, 0.1) is 0 Å². The Kier molecular flexibility index (Phi) is 5.79. The summed E-state index contributed by atoms with van der Waals surface area (Å²) in [4.78, 5) is 12.7. The Hall–Kier alpha value is -1.22. The van der Waals surface area contributed by atoms with E-state index >= 15 is 0 Å². The van der Waals surface area contributed by atoms with Gasteiger partial charge in [-0.3, -0.25) is 0 Å². The Labute approximate surface area is 96.1 Å². The van der Waals surface area contributed by atoms with E-state index in [1.165, 1.54) is 0 Å². The average molecular weight is 230 g/mol. The number of benzene rings is 1.